The largest absolute Gasteiger partial charge is 0.348 e. The maximum atomic E-state index is 12.9. The number of halogens is 1. The molecule has 33 heavy (non-hydrogen) atoms. The lowest BCUT2D eigenvalue weighted by Gasteiger charge is -2.30. The molecular formula is C25H23BrN6O. The van der Waals surface area contributed by atoms with Crippen LogP contribution in [-0.2, 0) is 6.54 Å². The van der Waals surface area contributed by atoms with Gasteiger partial charge in [0.25, 0.3) is 5.56 Å². The lowest BCUT2D eigenvalue weighted by molar-refractivity contribution is 0.561. The van der Waals surface area contributed by atoms with Gasteiger partial charge >= 0.3 is 0 Å². The first-order chi connectivity index (χ1) is 16.1. The summed E-state index contributed by atoms with van der Waals surface area (Å²) in [6.45, 7) is 3.44. The van der Waals surface area contributed by atoms with Crippen LogP contribution in [-0.4, -0.2) is 26.1 Å². The number of nitrogens with zero attached hydrogens (tertiary/aromatic N) is 5. The maximum absolute atomic E-state index is 12.9. The van der Waals surface area contributed by atoms with Crippen LogP contribution >= 0.6 is 15.9 Å². The molecular weight excluding hydrogens is 480 g/mol. The van der Waals surface area contributed by atoms with E-state index in [-0.39, 0.29) is 11.6 Å². The van der Waals surface area contributed by atoms with Crippen molar-refractivity contribution in [1.82, 2.24) is 19.5 Å². The van der Waals surface area contributed by atoms with Gasteiger partial charge in [0.05, 0.1) is 11.7 Å². The summed E-state index contributed by atoms with van der Waals surface area (Å²) in [6.07, 6.45) is 2.57. The van der Waals surface area contributed by atoms with E-state index < -0.39 is 0 Å². The molecule has 2 aromatic heterocycles. The van der Waals surface area contributed by atoms with Gasteiger partial charge in [0.2, 0.25) is 11.9 Å². The fraction of sp³-hybridized carbons (Fsp3) is 0.200. The number of hydrogen-bond acceptors (Lipinski definition) is 6. The van der Waals surface area contributed by atoms with Crippen molar-refractivity contribution in [2.24, 2.45) is 0 Å². The van der Waals surface area contributed by atoms with Crippen LogP contribution in [0.15, 0.2) is 82.2 Å². The second-order valence-corrected chi connectivity index (χ2v) is 8.88. The van der Waals surface area contributed by atoms with Crippen molar-refractivity contribution >= 4 is 33.6 Å². The first-order valence-electron chi connectivity index (χ1n) is 10.9. The minimum Gasteiger partial charge on any atom is -0.348 e. The molecule has 2 aromatic carbocycles. The highest BCUT2D eigenvalue weighted by Gasteiger charge is 2.23. The minimum absolute atomic E-state index is 0.0248. The van der Waals surface area contributed by atoms with E-state index in [0.717, 1.165) is 28.6 Å². The summed E-state index contributed by atoms with van der Waals surface area (Å²) >= 11 is 3.52. The number of rotatable bonds is 5. The Morgan fingerprint density at radius 1 is 1.00 bits per heavy atom. The Morgan fingerprint density at radius 3 is 2.67 bits per heavy atom. The van der Waals surface area contributed by atoms with E-state index in [4.69, 9.17) is 9.97 Å². The van der Waals surface area contributed by atoms with Crippen LogP contribution in [0.1, 0.15) is 24.9 Å². The molecule has 7 nitrogen and oxygen atoms in total. The molecule has 1 N–H and O–H groups in total. The third kappa shape index (κ3) is 4.52. The molecule has 0 unspecified atom stereocenters. The van der Waals surface area contributed by atoms with Gasteiger partial charge in [-0.15, -0.1) is 0 Å². The molecule has 0 bridgehead atoms. The molecule has 0 fully saturated rings. The van der Waals surface area contributed by atoms with Gasteiger partial charge in [-0.05, 0) is 37.1 Å². The van der Waals surface area contributed by atoms with Crippen molar-refractivity contribution in [3.05, 3.63) is 93.3 Å². The molecule has 0 saturated heterocycles. The van der Waals surface area contributed by atoms with Crippen molar-refractivity contribution in [3.8, 4) is 11.3 Å². The highest BCUT2D eigenvalue weighted by molar-refractivity contribution is 9.10. The van der Waals surface area contributed by atoms with Gasteiger partial charge in [-0.25, -0.2) is 9.97 Å². The Bertz CT molecular complexity index is 1340. The molecule has 0 spiro atoms. The first kappa shape index (κ1) is 21.3. The zero-order chi connectivity index (χ0) is 22.8. The summed E-state index contributed by atoms with van der Waals surface area (Å²) in [5.74, 6) is 1.84. The van der Waals surface area contributed by atoms with E-state index in [9.17, 15) is 4.79 Å². The number of benzene rings is 2. The lowest BCUT2D eigenvalue weighted by atomic mass is 10.1. The Labute approximate surface area is 200 Å². The zero-order valence-corrected chi connectivity index (χ0v) is 19.7. The Balaban J connectivity index is 1.48. The standard InChI is InChI=1S/C25H23BrN6O/c1-17(19-9-5-10-20(26)15-19)28-24-27-12-11-22(30-24)31-13-6-14-32-23(33)16-21(29-25(31)32)18-7-3-2-4-8-18/h2-5,7-12,15-17H,6,13-14H2,1H3,(H,27,28,30)/t17-/m0/s1. The van der Waals surface area contributed by atoms with Gasteiger partial charge in [-0.3, -0.25) is 14.3 Å². The predicted octanol–water partition coefficient (Wildman–Crippen LogP) is 5.18. The van der Waals surface area contributed by atoms with Crippen LogP contribution in [0.25, 0.3) is 11.3 Å². The summed E-state index contributed by atoms with van der Waals surface area (Å²) in [6, 6.07) is 21.4. The van der Waals surface area contributed by atoms with Crippen LogP contribution in [0.3, 0.4) is 0 Å². The van der Waals surface area contributed by atoms with Crippen LogP contribution < -0.4 is 15.8 Å². The van der Waals surface area contributed by atoms with E-state index >= 15 is 0 Å². The smallest absolute Gasteiger partial charge is 0.255 e. The van der Waals surface area contributed by atoms with Crippen molar-refractivity contribution in [2.75, 3.05) is 16.8 Å². The van der Waals surface area contributed by atoms with Crippen LogP contribution in [0, 0.1) is 0 Å². The maximum Gasteiger partial charge on any atom is 0.255 e. The number of fused-ring (bicyclic) bond motifs is 1. The summed E-state index contributed by atoms with van der Waals surface area (Å²) in [5.41, 5.74) is 2.65. The number of aromatic nitrogens is 4. The van der Waals surface area contributed by atoms with Gasteiger partial charge in [0.1, 0.15) is 5.82 Å². The minimum atomic E-state index is -0.0563. The summed E-state index contributed by atoms with van der Waals surface area (Å²) in [7, 11) is 0. The summed E-state index contributed by atoms with van der Waals surface area (Å²) in [4.78, 5) is 28.9. The van der Waals surface area contributed by atoms with E-state index in [1.165, 1.54) is 0 Å². The van der Waals surface area contributed by atoms with E-state index in [1.54, 1.807) is 16.8 Å². The van der Waals surface area contributed by atoms with Crippen molar-refractivity contribution in [1.29, 1.82) is 0 Å². The third-order valence-corrected chi connectivity index (χ3v) is 6.17. The van der Waals surface area contributed by atoms with Crippen molar-refractivity contribution < 1.29 is 0 Å². The molecule has 0 radical (unpaired) electrons. The van der Waals surface area contributed by atoms with E-state index in [1.807, 2.05) is 53.4 Å². The Morgan fingerprint density at radius 2 is 1.85 bits per heavy atom. The highest BCUT2D eigenvalue weighted by Crippen LogP contribution is 2.28. The average molecular weight is 503 g/mol. The molecule has 5 rings (SSSR count). The second kappa shape index (κ2) is 9.15. The Hall–Kier alpha value is -3.52. The molecule has 1 atom stereocenters. The van der Waals surface area contributed by atoms with Crippen LogP contribution in [0.2, 0.25) is 0 Å². The third-order valence-electron chi connectivity index (χ3n) is 5.67. The number of nitrogens with one attached hydrogen (secondary N) is 1. The van der Waals surface area contributed by atoms with Gasteiger partial charge in [0, 0.05) is 35.4 Å². The molecule has 0 saturated carbocycles. The second-order valence-electron chi connectivity index (χ2n) is 7.96. The highest BCUT2D eigenvalue weighted by atomic mass is 79.9. The van der Waals surface area contributed by atoms with Gasteiger partial charge in [0.15, 0.2) is 0 Å². The molecule has 0 amide bonds. The summed E-state index contributed by atoms with van der Waals surface area (Å²) < 4.78 is 2.74. The molecule has 1 aliphatic rings. The van der Waals surface area contributed by atoms with Crippen molar-refractivity contribution in [3.63, 3.8) is 0 Å². The average Bonchev–Trinajstić information content (AvgIpc) is 2.84. The Kier molecular flexibility index (Phi) is 5.92. The van der Waals surface area contributed by atoms with Crippen LogP contribution in [0.5, 0.6) is 0 Å². The monoisotopic (exact) mass is 502 g/mol. The lowest BCUT2D eigenvalue weighted by Crippen LogP contribution is -2.36. The SMILES string of the molecule is C[C@H](Nc1nccc(N2CCCn3c2nc(-c2ccccc2)cc3=O)n1)c1cccc(Br)c1. The molecule has 166 valence electrons. The fourth-order valence-corrected chi connectivity index (χ4v) is 4.41. The molecule has 8 heteroatoms. The zero-order valence-electron chi connectivity index (χ0n) is 18.1. The van der Waals surface area contributed by atoms with Gasteiger partial charge in [-0.2, -0.15) is 4.98 Å². The van der Waals surface area contributed by atoms with Gasteiger partial charge in [-0.1, -0.05) is 58.4 Å². The summed E-state index contributed by atoms with van der Waals surface area (Å²) in [5, 5.41) is 3.38. The molecule has 0 aliphatic carbocycles. The molecule has 3 heterocycles. The van der Waals surface area contributed by atoms with Crippen LogP contribution in [0.4, 0.5) is 17.7 Å². The van der Waals surface area contributed by atoms with Gasteiger partial charge < -0.3 is 5.32 Å². The van der Waals surface area contributed by atoms with Crippen molar-refractivity contribution in [2.45, 2.75) is 25.9 Å². The van der Waals surface area contributed by atoms with E-state index in [2.05, 4.69) is 45.3 Å². The quantitative estimate of drug-likeness (QED) is 0.405. The fourth-order valence-electron chi connectivity index (χ4n) is 3.99. The normalized spacial score (nSPS) is 13.9. The first-order valence-corrected chi connectivity index (χ1v) is 11.7. The number of anilines is 3. The topological polar surface area (TPSA) is 75.9 Å². The number of hydrogen-bond donors (Lipinski definition) is 1. The molecule has 1 aliphatic heterocycles. The molecule has 4 aromatic rings. The van der Waals surface area contributed by atoms with E-state index in [0.29, 0.717) is 30.0 Å². The predicted molar refractivity (Wildman–Crippen MR) is 134 cm³/mol.